The van der Waals surface area contributed by atoms with E-state index in [0.29, 0.717) is 38.5 Å². The molecule has 0 aromatic carbocycles. The minimum Gasteiger partial charge on any atom is -0.392 e. The highest BCUT2D eigenvalue weighted by Gasteiger charge is 2.30. The van der Waals surface area contributed by atoms with E-state index in [1.165, 1.54) is 24.2 Å². The quantitative estimate of drug-likeness (QED) is 0.742. The van der Waals surface area contributed by atoms with Crippen molar-refractivity contribution in [3.63, 3.8) is 0 Å². The molecular formula is C15H26N2O3. The molecule has 2 amide bonds. The molecule has 0 aromatic heterocycles. The van der Waals surface area contributed by atoms with Crippen LogP contribution in [0.25, 0.3) is 0 Å². The molecule has 5 heteroatoms. The summed E-state index contributed by atoms with van der Waals surface area (Å²) in [5.74, 6) is -0.0914. The maximum atomic E-state index is 11.6. The fraction of sp³-hybridized carbons (Fsp3) is 0.867. The molecule has 1 N–H and O–H groups in total. The van der Waals surface area contributed by atoms with E-state index in [2.05, 4.69) is 4.90 Å². The zero-order valence-electron chi connectivity index (χ0n) is 12.4. The largest absolute Gasteiger partial charge is 0.392 e. The van der Waals surface area contributed by atoms with Gasteiger partial charge in [-0.2, -0.15) is 0 Å². The predicted octanol–water partition coefficient (Wildman–Crippen LogP) is 1.15. The van der Waals surface area contributed by atoms with Gasteiger partial charge in [-0.15, -0.1) is 0 Å². The van der Waals surface area contributed by atoms with Crippen molar-refractivity contribution in [2.75, 3.05) is 19.6 Å². The molecule has 2 fully saturated rings. The van der Waals surface area contributed by atoms with Crippen LogP contribution in [0.1, 0.15) is 51.9 Å². The third kappa shape index (κ3) is 4.03. The Kier molecular flexibility index (Phi) is 5.54. The molecule has 2 aliphatic rings. The maximum Gasteiger partial charge on any atom is 0.229 e. The number of imide groups is 1. The van der Waals surface area contributed by atoms with Gasteiger partial charge in [0.25, 0.3) is 0 Å². The van der Waals surface area contributed by atoms with Gasteiger partial charge in [0.05, 0.1) is 6.10 Å². The maximum absolute atomic E-state index is 11.6. The SMILES string of the molecule is CC(O)CN(CCN1C(=O)CCC1=O)C1CCCCC1. The van der Waals surface area contributed by atoms with Crippen LogP contribution in [0.4, 0.5) is 0 Å². The van der Waals surface area contributed by atoms with Crippen molar-refractivity contribution in [2.45, 2.75) is 64.0 Å². The second-order valence-corrected chi connectivity index (χ2v) is 6.07. The fourth-order valence-electron chi connectivity index (χ4n) is 3.31. The summed E-state index contributed by atoms with van der Waals surface area (Å²) in [5, 5.41) is 9.66. The summed E-state index contributed by atoms with van der Waals surface area (Å²) in [6, 6.07) is 0.492. The molecule has 1 aliphatic heterocycles. The van der Waals surface area contributed by atoms with Gasteiger partial charge in [0.2, 0.25) is 11.8 Å². The van der Waals surface area contributed by atoms with Gasteiger partial charge in [-0.3, -0.25) is 19.4 Å². The molecule has 0 radical (unpaired) electrons. The van der Waals surface area contributed by atoms with Crippen LogP contribution < -0.4 is 0 Å². The lowest BCUT2D eigenvalue weighted by molar-refractivity contribution is -0.138. The van der Waals surface area contributed by atoms with Crippen LogP contribution in [0, 0.1) is 0 Å². The van der Waals surface area contributed by atoms with Crippen molar-refractivity contribution in [1.82, 2.24) is 9.80 Å². The van der Waals surface area contributed by atoms with Crippen molar-refractivity contribution in [3.8, 4) is 0 Å². The molecule has 0 aromatic rings. The molecular weight excluding hydrogens is 256 g/mol. The smallest absolute Gasteiger partial charge is 0.229 e. The highest BCUT2D eigenvalue weighted by atomic mass is 16.3. The second kappa shape index (κ2) is 7.18. The Bertz CT molecular complexity index is 335. The number of hydrogen-bond acceptors (Lipinski definition) is 4. The summed E-state index contributed by atoms with van der Waals surface area (Å²) in [6.45, 7) is 3.58. The molecule has 20 heavy (non-hydrogen) atoms. The number of likely N-dealkylation sites (tertiary alicyclic amines) is 1. The number of hydrogen-bond donors (Lipinski definition) is 1. The van der Waals surface area contributed by atoms with E-state index in [1.54, 1.807) is 6.92 Å². The minimum atomic E-state index is -0.373. The molecule has 114 valence electrons. The van der Waals surface area contributed by atoms with Gasteiger partial charge in [-0.25, -0.2) is 0 Å². The van der Waals surface area contributed by atoms with E-state index in [9.17, 15) is 14.7 Å². The number of amides is 2. The minimum absolute atomic E-state index is 0.0457. The second-order valence-electron chi connectivity index (χ2n) is 6.07. The summed E-state index contributed by atoms with van der Waals surface area (Å²) in [7, 11) is 0. The Morgan fingerprint density at radius 3 is 2.35 bits per heavy atom. The standard InChI is InChI=1S/C15H26N2O3/c1-12(18)11-16(13-5-3-2-4-6-13)9-10-17-14(19)7-8-15(17)20/h12-13,18H,2-11H2,1H3. The summed E-state index contributed by atoms with van der Waals surface area (Å²) in [6.07, 6.45) is 6.44. The van der Waals surface area contributed by atoms with Crippen LogP contribution >= 0.6 is 0 Å². The van der Waals surface area contributed by atoms with Gasteiger partial charge in [-0.05, 0) is 19.8 Å². The lowest BCUT2D eigenvalue weighted by atomic mass is 9.94. The van der Waals surface area contributed by atoms with Crippen LogP contribution in [0.2, 0.25) is 0 Å². The number of nitrogens with zero attached hydrogens (tertiary/aromatic N) is 2. The van der Waals surface area contributed by atoms with Gasteiger partial charge in [-0.1, -0.05) is 19.3 Å². The lowest BCUT2D eigenvalue weighted by Gasteiger charge is -2.35. The number of carbonyl (C=O) groups is 2. The molecule has 5 nitrogen and oxygen atoms in total. The molecule has 1 heterocycles. The Hall–Kier alpha value is -0.940. The normalized spacial score (nSPS) is 22.9. The average molecular weight is 282 g/mol. The van der Waals surface area contributed by atoms with E-state index in [4.69, 9.17) is 0 Å². The van der Waals surface area contributed by atoms with Crippen LogP contribution in [-0.2, 0) is 9.59 Å². The Balaban J connectivity index is 1.89. The number of aliphatic hydroxyl groups excluding tert-OH is 1. The monoisotopic (exact) mass is 282 g/mol. The van der Waals surface area contributed by atoms with Crippen molar-refractivity contribution in [3.05, 3.63) is 0 Å². The van der Waals surface area contributed by atoms with Crippen LogP contribution in [0.15, 0.2) is 0 Å². The number of aliphatic hydroxyl groups is 1. The van der Waals surface area contributed by atoms with Gasteiger partial charge in [0, 0.05) is 38.5 Å². The molecule has 0 spiro atoms. The van der Waals surface area contributed by atoms with Crippen molar-refractivity contribution < 1.29 is 14.7 Å². The third-order valence-corrected chi connectivity index (χ3v) is 4.36. The van der Waals surface area contributed by atoms with Crippen molar-refractivity contribution in [2.24, 2.45) is 0 Å². The third-order valence-electron chi connectivity index (χ3n) is 4.36. The van der Waals surface area contributed by atoms with Gasteiger partial charge < -0.3 is 5.11 Å². The van der Waals surface area contributed by atoms with Crippen molar-refractivity contribution >= 4 is 11.8 Å². The van der Waals surface area contributed by atoms with Crippen molar-refractivity contribution in [1.29, 1.82) is 0 Å². The topological polar surface area (TPSA) is 60.9 Å². The first-order chi connectivity index (χ1) is 9.58. The van der Waals surface area contributed by atoms with E-state index >= 15 is 0 Å². The summed E-state index contributed by atoms with van der Waals surface area (Å²) in [5.41, 5.74) is 0. The zero-order valence-corrected chi connectivity index (χ0v) is 12.4. The molecule has 0 bridgehead atoms. The first kappa shape index (κ1) is 15.4. The molecule has 1 unspecified atom stereocenters. The zero-order chi connectivity index (χ0) is 14.5. The molecule has 1 atom stereocenters. The van der Waals surface area contributed by atoms with Gasteiger partial charge >= 0.3 is 0 Å². The Morgan fingerprint density at radius 2 is 1.80 bits per heavy atom. The van der Waals surface area contributed by atoms with Crippen LogP contribution in [-0.4, -0.2) is 58.5 Å². The first-order valence-electron chi connectivity index (χ1n) is 7.83. The summed E-state index contributed by atoms with van der Waals surface area (Å²) < 4.78 is 0. The van der Waals surface area contributed by atoms with Crippen LogP contribution in [0.5, 0.6) is 0 Å². The predicted molar refractivity (Wildman–Crippen MR) is 76.1 cm³/mol. The fourth-order valence-corrected chi connectivity index (χ4v) is 3.31. The van der Waals surface area contributed by atoms with E-state index in [-0.39, 0.29) is 17.9 Å². The van der Waals surface area contributed by atoms with Gasteiger partial charge in [0.15, 0.2) is 0 Å². The first-order valence-corrected chi connectivity index (χ1v) is 7.83. The van der Waals surface area contributed by atoms with E-state index in [1.807, 2.05) is 0 Å². The summed E-state index contributed by atoms with van der Waals surface area (Å²) in [4.78, 5) is 26.9. The van der Waals surface area contributed by atoms with Gasteiger partial charge in [0.1, 0.15) is 0 Å². The average Bonchev–Trinajstić information content (AvgIpc) is 2.75. The molecule has 1 saturated heterocycles. The highest BCUT2D eigenvalue weighted by Crippen LogP contribution is 2.23. The molecule has 2 rings (SSSR count). The number of rotatable bonds is 6. The number of carbonyl (C=O) groups excluding carboxylic acids is 2. The lowest BCUT2D eigenvalue weighted by Crippen LogP contribution is -2.45. The van der Waals surface area contributed by atoms with E-state index in [0.717, 1.165) is 12.8 Å². The Labute approximate surface area is 120 Å². The Morgan fingerprint density at radius 1 is 1.20 bits per heavy atom. The highest BCUT2D eigenvalue weighted by molar-refractivity contribution is 6.01. The molecule has 1 saturated carbocycles. The van der Waals surface area contributed by atoms with E-state index < -0.39 is 0 Å². The van der Waals surface area contributed by atoms with Crippen LogP contribution in [0.3, 0.4) is 0 Å². The summed E-state index contributed by atoms with van der Waals surface area (Å²) >= 11 is 0. The molecule has 1 aliphatic carbocycles.